The fraction of sp³-hybridized carbons (Fsp3) is 0.560. The zero-order valence-electron chi connectivity index (χ0n) is 18.3. The summed E-state index contributed by atoms with van der Waals surface area (Å²) in [5.74, 6) is 1.33. The lowest BCUT2D eigenvalue weighted by Crippen LogP contribution is -2.37. The van der Waals surface area contributed by atoms with Crippen molar-refractivity contribution in [1.82, 2.24) is 9.88 Å². The quantitative estimate of drug-likeness (QED) is 0.568. The van der Waals surface area contributed by atoms with Gasteiger partial charge in [0.2, 0.25) is 0 Å². The predicted octanol–water partition coefficient (Wildman–Crippen LogP) is 6.49. The van der Waals surface area contributed by atoms with E-state index in [1.807, 2.05) is 12.1 Å². The Morgan fingerprint density at radius 3 is 2.63 bits per heavy atom. The molecule has 1 atom stereocenters. The maximum Gasteiger partial charge on any atom is 0.125 e. The highest BCUT2D eigenvalue weighted by Gasteiger charge is 2.54. The number of pyridine rings is 1. The average molecular weight is 430 g/mol. The van der Waals surface area contributed by atoms with Crippen LogP contribution in [-0.4, -0.2) is 36.1 Å². The largest absolute Gasteiger partial charge is 0.370 e. The molecule has 1 saturated carbocycles. The summed E-state index contributed by atoms with van der Waals surface area (Å²) in [6.45, 7) is 11.7. The van der Waals surface area contributed by atoms with E-state index in [1.165, 1.54) is 57.5 Å². The zero-order chi connectivity index (χ0) is 21.4. The van der Waals surface area contributed by atoms with Crippen LogP contribution in [0, 0.1) is 22.6 Å². The van der Waals surface area contributed by atoms with Crippen molar-refractivity contribution in [2.24, 2.45) is 16.7 Å². The summed E-state index contributed by atoms with van der Waals surface area (Å²) >= 11 is 6.20. The summed E-state index contributed by atoms with van der Waals surface area (Å²) in [5, 5.41) is 4.04. The number of hydrogen-bond acceptors (Lipinski definition) is 3. The Hall–Kier alpha value is -1.65. The van der Waals surface area contributed by atoms with Crippen molar-refractivity contribution in [1.29, 1.82) is 0 Å². The minimum atomic E-state index is -0.292. The Kier molecular flexibility index (Phi) is 6.09. The molecule has 1 aromatic carbocycles. The monoisotopic (exact) mass is 429 g/mol. The second kappa shape index (κ2) is 8.47. The van der Waals surface area contributed by atoms with Gasteiger partial charge in [0.25, 0.3) is 0 Å². The number of benzene rings is 1. The van der Waals surface area contributed by atoms with Crippen LogP contribution in [0.1, 0.15) is 46.5 Å². The number of nitrogens with zero attached hydrogens (tertiary/aromatic N) is 2. The van der Waals surface area contributed by atoms with E-state index in [0.717, 1.165) is 23.8 Å². The summed E-state index contributed by atoms with van der Waals surface area (Å²) in [6.07, 6.45) is 7.03. The van der Waals surface area contributed by atoms with Crippen LogP contribution in [0.3, 0.4) is 0 Å². The molecule has 2 heterocycles. The molecule has 2 aromatic rings. The SMILES string of the molecule is CC(C)(C)CCN1CCC2(CC1)CC2CNc1ccc(-c2cc(F)ccc2Cl)cn1. The lowest BCUT2D eigenvalue weighted by Gasteiger charge is -2.34. The van der Waals surface area contributed by atoms with Gasteiger partial charge in [-0.1, -0.05) is 32.4 Å². The normalized spacial score (nSPS) is 21.0. The first-order valence-corrected chi connectivity index (χ1v) is 11.5. The van der Waals surface area contributed by atoms with Crippen molar-refractivity contribution in [3.63, 3.8) is 0 Å². The zero-order valence-corrected chi connectivity index (χ0v) is 19.1. The number of rotatable bonds is 6. The van der Waals surface area contributed by atoms with Crippen molar-refractivity contribution in [2.75, 3.05) is 31.5 Å². The predicted molar refractivity (Wildman–Crippen MR) is 123 cm³/mol. The molecular formula is C25H33ClFN3. The number of likely N-dealkylation sites (tertiary alicyclic amines) is 1. The fourth-order valence-corrected chi connectivity index (χ4v) is 4.88. The Morgan fingerprint density at radius 2 is 1.97 bits per heavy atom. The van der Waals surface area contributed by atoms with Crippen molar-refractivity contribution in [2.45, 2.75) is 46.5 Å². The summed E-state index contributed by atoms with van der Waals surface area (Å²) in [6, 6.07) is 8.32. The minimum absolute atomic E-state index is 0.292. The fourth-order valence-electron chi connectivity index (χ4n) is 4.65. The van der Waals surface area contributed by atoms with Gasteiger partial charge in [-0.3, -0.25) is 0 Å². The first-order chi connectivity index (χ1) is 14.2. The van der Waals surface area contributed by atoms with E-state index in [4.69, 9.17) is 11.6 Å². The molecule has 2 fully saturated rings. The molecule has 1 N–H and O–H groups in total. The molecule has 162 valence electrons. The van der Waals surface area contributed by atoms with Crippen LogP contribution in [0.25, 0.3) is 11.1 Å². The number of halogens is 2. The molecule has 1 saturated heterocycles. The summed E-state index contributed by atoms with van der Waals surface area (Å²) in [5.41, 5.74) is 2.48. The molecule has 2 aliphatic rings. The van der Waals surface area contributed by atoms with Crippen molar-refractivity contribution in [3.05, 3.63) is 47.4 Å². The van der Waals surface area contributed by atoms with Gasteiger partial charge in [-0.15, -0.1) is 0 Å². The Morgan fingerprint density at radius 1 is 1.20 bits per heavy atom. The molecule has 5 heteroatoms. The van der Waals surface area contributed by atoms with Gasteiger partial charge < -0.3 is 10.2 Å². The molecule has 30 heavy (non-hydrogen) atoms. The van der Waals surface area contributed by atoms with E-state index in [1.54, 1.807) is 12.3 Å². The molecule has 1 aromatic heterocycles. The van der Waals surface area contributed by atoms with E-state index in [9.17, 15) is 4.39 Å². The van der Waals surface area contributed by atoms with Gasteiger partial charge in [0, 0.05) is 28.9 Å². The average Bonchev–Trinajstić information content (AvgIpc) is 3.39. The molecule has 4 rings (SSSR count). The van der Waals surface area contributed by atoms with Crippen molar-refractivity contribution < 1.29 is 4.39 Å². The van der Waals surface area contributed by atoms with Gasteiger partial charge in [0.05, 0.1) is 0 Å². The van der Waals surface area contributed by atoms with E-state index < -0.39 is 0 Å². The molecule has 1 spiro atoms. The molecule has 0 bridgehead atoms. The van der Waals surface area contributed by atoms with Gasteiger partial charge in [0.15, 0.2) is 0 Å². The van der Waals surface area contributed by atoms with Crippen LogP contribution in [0.2, 0.25) is 5.02 Å². The number of aromatic nitrogens is 1. The molecule has 3 nitrogen and oxygen atoms in total. The van der Waals surface area contributed by atoms with E-state index >= 15 is 0 Å². The molecule has 0 amide bonds. The molecule has 1 aliphatic heterocycles. The molecule has 1 unspecified atom stereocenters. The summed E-state index contributed by atoms with van der Waals surface area (Å²) < 4.78 is 13.5. The molecule has 0 radical (unpaired) electrons. The maximum atomic E-state index is 13.5. The van der Waals surface area contributed by atoms with Gasteiger partial charge >= 0.3 is 0 Å². The smallest absolute Gasteiger partial charge is 0.125 e. The van der Waals surface area contributed by atoms with Crippen molar-refractivity contribution >= 4 is 17.4 Å². The lowest BCUT2D eigenvalue weighted by molar-refractivity contribution is 0.147. The van der Waals surface area contributed by atoms with E-state index in [2.05, 4.69) is 36.0 Å². The second-order valence-electron chi connectivity index (χ2n) is 10.4. The Balaban J connectivity index is 1.25. The lowest BCUT2D eigenvalue weighted by atomic mass is 9.88. The number of hydrogen-bond donors (Lipinski definition) is 1. The first kappa shape index (κ1) is 21.6. The van der Waals surface area contributed by atoms with Crippen molar-refractivity contribution in [3.8, 4) is 11.1 Å². The van der Waals surface area contributed by atoms with Gasteiger partial charge in [0.1, 0.15) is 11.6 Å². The molecule has 1 aliphatic carbocycles. The van der Waals surface area contributed by atoms with E-state index in [0.29, 0.717) is 21.4 Å². The number of piperidine rings is 1. The Labute approximate surface area is 185 Å². The third kappa shape index (κ3) is 5.15. The summed E-state index contributed by atoms with van der Waals surface area (Å²) in [7, 11) is 0. The first-order valence-electron chi connectivity index (χ1n) is 11.1. The van der Waals surface area contributed by atoms with Crippen LogP contribution >= 0.6 is 11.6 Å². The van der Waals surface area contributed by atoms with Crippen LogP contribution in [0.15, 0.2) is 36.5 Å². The third-order valence-corrected chi connectivity index (χ3v) is 7.25. The van der Waals surface area contributed by atoms with Crippen LogP contribution in [-0.2, 0) is 0 Å². The van der Waals surface area contributed by atoms with E-state index in [-0.39, 0.29) is 5.82 Å². The minimum Gasteiger partial charge on any atom is -0.370 e. The number of nitrogens with one attached hydrogen (secondary N) is 1. The maximum absolute atomic E-state index is 13.5. The standard InChI is InChI=1S/C25H33ClFN3/c1-24(2,3)8-11-30-12-9-25(10-13-30)15-19(25)17-29-23-7-4-18(16-28-23)21-14-20(27)5-6-22(21)26/h4-7,14,16,19H,8-13,15,17H2,1-3H3,(H,28,29). The third-order valence-electron chi connectivity index (χ3n) is 6.92. The van der Waals surface area contributed by atoms with Gasteiger partial charge in [-0.2, -0.15) is 0 Å². The molecular weight excluding hydrogens is 397 g/mol. The Bertz CT molecular complexity index is 867. The summed E-state index contributed by atoms with van der Waals surface area (Å²) in [4.78, 5) is 7.17. The highest BCUT2D eigenvalue weighted by atomic mass is 35.5. The highest BCUT2D eigenvalue weighted by molar-refractivity contribution is 6.33. The van der Waals surface area contributed by atoms with Gasteiger partial charge in [-0.05, 0) is 92.4 Å². The van der Waals surface area contributed by atoms with Crippen LogP contribution in [0.5, 0.6) is 0 Å². The second-order valence-corrected chi connectivity index (χ2v) is 10.8. The van der Waals surface area contributed by atoms with Crippen LogP contribution < -0.4 is 5.32 Å². The van der Waals surface area contributed by atoms with Crippen LogP contribution in [0.4, 0.5) is 10.2 Å². The van der Waals surface area contributed by atoms with Gasteiger partial charge in [-0.25, -0.2) is 9.37 Å². The highest BCUT2D eigenvalue weighted by Crippen LogP contribution is 2.59. The topological polar surface area (TPSA) is 28.2 Å². The number of anilines is 1.